The first-order chi connectivity index (χ1) is 4.10. The van der Waals surface area contributed by atoms with E-state index in [0.717, 1.165) is 6.42 Å². The molecule has 0 aromatic heterocycles. The highest BCUT2D eigenvalue weighted by atomic mass is 35.5. The van der Waals surface area contributed by atoms with Crippen LogP contribution in [0.4, 0.5) is 0 Å². The van der Waals surface area contributed by atoms with Gasteiger partial charge in [0, 0.05) is 5.92 Å². The van der Waals surface area contributed by atoms with Crippen LogP contribution in [0.15, 0.2) is 12.7 Å². The Labute approximate surface area is 59.7 Å². The molecule has 9 heavy (non-hydrogen) atoms. The van der Waals surface area contributed by atoms with E-state index in [1.54, 1.807) is 6.08 Å². The number of carbonyl (C=O) groups is 1. The summed E-state index contributed by atoms with van der Waals surface area (Å²) in [4.78, 5) is 10.5. The molecule has 1 aliphatic rings. The van der Waals surface area contributed by atoms with Crippen LogP contribution >= 0.6 is 11.6 Å². The van der Waals surface area contributed by atoms with Gasteiger partial charge in [-0.15, -0.1) is 6.58 Å². The Bertz CT molecular complexity index is 164. The van der Waals surface area contributed by atoms with Crippen molar-refractivity contribution in [1.29, 1.82) is 0 Å². The first kappa shape index (κ1) is 6.81. The molecule has 0 radical (unpaired) electrons. The van der Waals surface area contributed by atoms with Gasteiger partial charge in [-0.25, -0.2) is 0 Å². The van der Waals surface area contributed by atoms with Crippen LogP contribution in [0.3, 0.4) is 0 Å². The second-order valence-corrected chi connectivity index (χ2v) is 3.14. The van der Waals surface area contributed by atoms with Gasteiger partial charge in [-0.2, -0.15) is 0 Å². The third-order valence-corrected chi connectivity index (χ3v) is 2.28. The highest BCUT2D eigenvalue weighted by molar-refractivity contribution is 6.64. The van der Waals surface area contributed by atoms with E-state index in [0.29, 0.717) is 0 Å². The van der Waals surface area contributed by atoms with Gasteiger partial charge in [-0.05, 0) is 23.4 Å². The molecule has 0 N–H and O–H groups in total. The molecule has 0 aromatic carbocycles. The average molecular weight is 145 g/mol. The summed E-state index contributed by atoms with van der Waals surface area (Å²) in [5, 5.41) is -0.225. The van der Waals surface area contributed by atoms with Gasteiger partial charge in [-0.1, -0.05) is 13.0 Å². The second-order valence-electron chi connectivity index (χ2n) is 2.77. The SMILES string of the molecule is C=CC1(C)CC1C(=O)Cl. The van der Waals surface area contributed by atoms with Crippen molar-refractivity contribution >= 4 is 16.8 Å². The number of rotatable bonds is 2. The first-order valence-electron chi connectivity index (χ1n) is 2.93. The van der Waals surface area contributed by atoms with Gasteiger partial charge >= 0.3 is 0 Å². The molecule has 1 nitrogen and oxygen atoms in total. The van der Waals surface area contributed by atoms with Crippen molar-refractivity contribution in [2.24, 2.45) is 11.3 Å². The zero-order valence-corrected chi connectivity index (χ0v) is 6.11. The fraction of sp³-hybridized carbons (Fsp3) is 0.571. The molecular weight excluding hydrogens is 136 g/mol. The molecule has 2 unspecified atom stereocenters. The lowest BCUT2D eigenvalue weighted by molar-refractivity contribution is -0.113. The maximum Gasteiger partial charge on any atom is 0.225 e. The van der Waals surface area contributed by atoms with Crippen molar-refractivity contribution in [3.63, 3.8) is 0 Å². The van der Waals surface area contributed by atoms with Gasteiger partial charge in [0.25, 0.3) is 0 Å². The number of halogens is 1. The van der Waals surface area contributed by atoms with Gasteiger partial charge in [0.2, 0.25) is 5.24 Å². The van der Waals surface area contributed by atoms with E-state index in [1.807, 2.05) is 6.92 Å². The smallest absolute Gasteiger partial charge is 0.225 e. The van der Waals surface area contributed by atoms with Crippen LogP contribution in [0.5, 0.6) is 0 Å². The van der Waals surface area contributed by atoms with Crippen molar-refractivity contribution < 1.29 is 4.79 Å². The lowest BCUT2D eigenvalue weighted by Crippen LogP contribution is -1.98. The third-order valence-electron chi connectivity index (χ3n) is 2.02. The summed E-state index contributed by atoms with van der Waals surface area (Å²) < 4.78 is 0. The summed E-state index contributed by atoms with van der Waals surface area (Å²) in [6, 6.07) is 0. The third kappa shape index (κ3) is 1.01. The Kier molecular flexibility index (Phi) is 1.39. The summed E-state index contributed by atoms with van der Waals surface area (Å²) in [5.74, 6) is 0.0386. The highest BCUT2D eigenvalue weighted by Gasteiger charge is 2.51. The average Bonchev–Trinajstić information content (AvgIpc) is 2.44. The maximum absolute atomic E-state index is 10.5. The van der Waals surface area contributed by atoms with Gasteiger partial charge in [0.1, 0.15) is 0 Å². The molecule has 0 spiro atoms. The van der Waals surface area contributed by atoms with E-state index in [9.17, 15) is 4.79 Å². The fourth-order valence-corrected chi connectivity index (χ4v) is 1.27. The van der Waals surface area contributed by atoms with Gasteiger partial charge in [-0.3, -0.25) is 4.79 Å². The quantitative estimate of drug-likeness (QED) is 0.428. The Morgan fingerprint density at radius 3 is 2.67 bits per heavy atom. The van der Waals surface area contributed by atoms with E-state index in [1.165, 1.54) is 0 Å². The molecular formula is C7H9ClO. The Morgan fingerprint density at radius 2 is 2.56 bits per heavy atom. The zero-order valence-electron chi connectivity index (χ0n) is 5.36. The fourth-order valence-electron chi connectivity index (χ4n) is 0.946. The van der Waals surface area contributed by atoms with Gasteiger partial charge in [0.05, 0.1) is 0 Å². The van der Waals surface area contributed by atoms with E-state index in [2.05, 4.69) is 6.58 Å². The topological polar surface area (TPSA) is 17.1 Å². The van der Waals surface area contributed by atoms with Crippen LogP contribution in [-0.2, 0) is 4.79 Å². The summed E-state index contributed by atoms with van der Waals surface area (Å²) in [6.07, 6.45) is 2.68. The van der Waals surface area contributed by atoms with Crippen molar-refractivity contribution in [2.45, 2.75) is 13.3 Å². The van der Waals surface area contributed by atoms with E-state index in [4.69, 9.17) is 11.6 Å². The van der Waals surface area contributed by atoms with Crippen molar-refractivity contribution in [3.8, 4) is 0 Å². The summed E-state index contributed by atoms with van der Waals surface area (Å²) in [5.41, 5.74) is 0.0127. The van der Waals surface area contributed by atoms with Crippen LogP contribution in [0.25, 0.3) is 0 Å². The molecule has 0 aromatic rings. The van der Waals surface area contributed by atoms with Crippen molar-refractivity contribution in [1.82, 2.24) is 0 Å². The van der Waals surface area contributed by atoms with Crippen molar-refractivity contribution in [2.75, 3.05) is 0 Å². The normalized spacial score (nSPS) is 40.0. The Morgan fingerprint density at radius 1 is 2.00 bits per heavy atom. The summed E-state index contributed by atoms with van der Waals surface area (Å²) in [7, 11) is 0. The maximum atomic E-state index is 10.5. The molecule has 1 rings (SSSR count). The molecule has 2 heteroatoms. The van der Waals surface area contributed by atoms with Crippen LogP contribution in [0, 0.1) is 11.3 Å². The number of hydrogen-bond acceptors (Lipinski definition) is 1. The molecule has 0 heterocycles. The summed E-state index contributed by atoms with van der Waals surface area (Å²) >= 11 is 5.25. The molecule has 2 atom stereocenters. The van der Waals surface area contributed by atoms with E-state index < -0.39 is 0 Å². The number of carbonyl (C=O) groups excluding carboxylic acids is 1. The number of allylic oxidation sites excluding steroid dienone is 1. The Balaban J connectivity index is 2.57. The largest absolute Gasteiger partial charge is 0.281 e. The van der Waals surface area contributed by atoms with Gasteiger partial charge in [0.15, 0.2) is 0 Å². The van der Waals surface area contributed by atoms with Crippen LogP contribution in [0.1, 0.15) is 13.3 Å². The van der Waals surface area contributed by atoms with Gasteiger partial charge < -0.3 is 0 Å². The monoisotopic (exact) mass is 144 g/mol. The second kappa shape index (κ2) is 1.84. The number of hydrogen-bond donors (Lipinski definition) is 0. The summed E-state index contributed by atoms with van der Waals surface area (Å²) in [6.45, 7) is 5.61. The minimum absolute atomic E-state index is 0.0127. The first-order valence-corrected chi connectivity index (χ1v) is 3.31. The molecule has 50 valence electrons. The highest BCUT2D eigenvalue weighted by Crippen LogP contribution is 2.53. The molecule has 0 bridgehead atoms. The molecule has 0 saturated heterocycles. The standard InChI is InChI=1S/C7H9ClO/c1-3-7(2)4-5(7)6(8)9/h3,5H,1,4H2,2H3. The minimum Gasteiger partial charge on any atom is -0.281 e. The molecule has 0 aliphatic heterocycles. The lowest BCUT2D eigenvalue weighted by atomic mass is 10.1. The zero-order chi connectivity index (χ0) is 7.07. The van der Waals surface area contributed by atoms with Crippen molar-refractivity contribution in [3.05, 3.63) is 12.7 Å². The van der Waals surface area contributed by atoms with E-state index >= 15 is 0 Å². The predicted octanol–water partition coefficient (Wildman–Crippen LogP) is 1.96. The predicted molar refractivity (Wildman–Crippen MR) is 37.3 cm³/mol. The van der Waals surface area contributed by atoms with Crippen LogP contribution < -0.4 is 0 Å². The molecule has 1 saturated carbocycles. The lowest BCUT2D eigenvalue weighted by Gasteiger charge is -1.97. The van der Waals surface area contributed by atoms with Crippen LogP contribution in [0.2, 0.25) is 0 Å². The molecule has 0 amide bonds. The molecule has 1 aliphatic carbocycles. The minimum atomic E-state index is -0.225. The van der Waals surface area contributed by atoms with E-state index in [-0.39, 0.29) is 16.6 Å². The molecule has 1 fully saturated rings. The van der Waals surface area contributed by atoms with Crippen LogP contribution in [-0.4, -0.2) is 5.24 Å². The Hall–Kier alpha value is -0.300.